The molecule has 0 aliphatic carbocycles. The zero-order valence-corrected chi connectivity index (χ0v) is 14.5. The molecule has 1 atom stereocenters. The summed E-state index contributed by atoms with van der Waals surface area (Å²) < 4.78 is 13.1. The summed E-state index contributed by atoms with van der Waals surface area (Å²) in [5, 5.41) is 10.3. The molecule has 1 amide bonds. The van der Waals surface area contributed by atoms with E-state index in [2.05, 4.69) is 0 Å². The number of ketones is 1. The summed E-state index contributed by atoms with van der Waals surface area (Å²) in [6, 6.07) is 14.7. The molecule has 4 nitrogen and oxygen atoms in total. The third-order valence-corrected chi connectivity index (χ3v) is 4.60. The van der Waals surface area contributed by atoms with Crippen LogP contribution in [0.3, 0.4) is 0 Å². The van der Waals surface area contributed by atoms with Gasteiger partial charge in [0.2, 0.25) is 0 Å². The Labute approximate surface area is 151 Å². The number of rotatable bonds is 6. The lowest BCUT2D eigenvalue weighted by Crippen LogP contribution is -2.33. The molecule has 0 aromatic heterocycles. The van der Waals surface area contributed by atoms with Gasteiger partial charge in [0, 0.05) is 13.0 Å². The van der Waals surface area contributed by atoms with Crippen molar-refractivity contribution < 1.29 is 19.1 Å². The summed E-state index contributed by atoms with van der Waals surface area (Å²) >= 11 is 0. The first kappa shape index (κ1) is 17.9. The second-order valence-electron chi connectivity index (χ2n) is 6.23. The van der Waals surface area contributed by atoms with E-state index in [9.17, 15) is 19.1 Å². The topological polar surface area (TPSA) is 57.6 Å². The smallest absolute Gasteiger partial charge is 0.290 e. The standard InChI is InChI=1S/C21H20FNO3/c1-2-17(24)18-19(15-6-4-3-5-7-15)23(21(26)20(18)25)13-12-14-8-10-16(22)11-9-14/h3-11,19,25H,2,12-13H2,1H3. The van der Waals surface area contributed by atoms with Crippen LogP contribution in [0.4, 0.5) is 4.39 Å². The van der Waals surface area contributed by atoms with Crippen LogP contribution in [-0.4, -0.2) is 28.2 Å². The van der Waals surface area contributed by atoms with Crippen LogP contribution in [0, 0.1) is 5.82 Å². The number of hydrogen-bond acceptors (Lipinski definition) is 3. The van der Waals surface area contributed by atoms with Crippen LogP contribution in [0.5, 0.6) is 0 Å². The SMILES string of the molecule is CCC(=O)C1=C(O)C(=O)N(CCc2ccc(F)cc2)C1c1ccccc1. The highest BCUT2D eigenvalue weighted by atomic mass is 19.1. The first-order valence-electron chi connectivity index (χ1n) is 8.59. The maximum absolute atomic E-state index is 13.1. The highest BCUT2D eigenvalue weighted by molar-refractivity contribution is 6.08. The fourth-order valence-electron chi connectivity index (χ4n) is 3.24. The number of hydrogen-bond donors (Lipinski definition) is 1. The van der Waals surface area contributed by atoms with Crippen LogP contribution in [-0.2, 0) is 16.0 Å². The maximum Gasteiger partial charge on any atom is 0.290 e. The minimum absolute atomic E-state index is 0.155. The first-order chi connectivity index (χ1) is 12.5. The average Bonchev–Trinajstić information content (AvgIpc) is 2.92. The molecule has 2 aromatic carbocycles. The number of benzene rings is 2. The van der Waals surface area contributed by atoms with Gasteiger partial charge in [0.05, 0.1) is 11.6 Å². The van der Waals surface area contributed by atoms with Crippen LogP contribution in [0.2, 0.25) is 0 Å². The fourth-order valence-corrected chi connectivity index (χ4v) is 3.24. The van der Waals surface area contributed by atoms with Crippen molar-refractivity contribution in [3.63, 3.8) is 0 Å². The highest BCUT2D eigenvalue weighted by Gasteiger charge is 2.42. The van der Waals surface area contributed by atoms with Gasteiger partial charge in [-0.15, -0.1) is 0 Å². The van der Waals surface area contributed by atoms with Gasteiger partial charge in [-0.1, -0.05) is 49.4 Å². The molecule has 0 saturated carbocycles. The Hall–Kier alpha value is -2.95. The van der Waals surface area contributed by atoms with Crippen LogP contribution in [0.15, 0.2) is 65.9 Å². The van der Waals surface area contributed by atoms with Crippen molar-refractivity contribution in [2.45, 2.75) is 25.8 Å². The van der Waals surface area contributed by atoms with Crippen molar-refractivity contribution in [1.82, 2.24) is 4.90 Å². The van der Waals surface area contributed by atoms with E-state index in [1.165, 1.54) is 17.0 Å². The minimum Gasteiger partial charge on any atom is -0.503 e. The largest absolute Gasteiger partial charge is 0.503 e. The van der Waals surface area contributed by atoms with Crippen LogP contribution in [0.1, 0.15) is 30.5 Å². The van der Waals surface area contributed by atoms with E-state index in [1.807, 2.05) is 30.3 Å². The highest BCUT2D eigenvalue weighted by Crippen LogP contribution is 2.38. The Bertz CT molecular complexity index is 843. The van der Waals surface area contributed by atoms with Gasteiger partial charge in [0.25, 0.3) is 5.91 Å². The molecule has 3 rings (SSSR count). The van der Waals surface area contributed by atoms with E-state index >= 15 is 0 Å². The molecule has 0 radical (unpaired) electrons. The van der Waals surface area contributed by atoms with Gasteiger partial charge in [0.1, 0.15) is 5.82 Å². The van der Waals surface area contributed by atoms with Crippen molar-refractivity contribution in [2.24, 2.45) is 0 Å². The fraction of sp³-hybridized carbons (Fsp3) is 0.238. The van der Waals surface area contributed by atoms with E-state index < -0.39 is 17.7 Å². The molecular weight excluding hydrogens is 333 g/mol. The van der Waals surface area contributed by atoms with Gasteiger partial charge in [-0.05, 0) is 29.7 Å². The van der Waals surface area contributed by atoms with E-state index in [4.69, 9.17) is 0 Å². The Morgan fingerprint density at radius 1 is 1.12 bits per heavy atom. The Balaban J connectivity index is 1.91. The molecule has 0 spiro atoms. The molecule has 1 unspecified atom stereocenters. The molecule has 1 aliphatic heterocycles. The van der Waals surface area contributed by atoms with Gasteiger partial charge < -0.3 is 10.0 Å². The lowest BCUT2D eigenvalue weighted by atomic mass is 9.95. The average molecular weight is 353 g/mol. The van der Waals surface area contributed by atoms with E-state index in [1.54, 1.807) is 19.1 Å². The molecule has 1 heterocycles. The van der Waals surface area contributed by atoms with Crippen molar-refractivity contribution in [2.75, 3.05) is 6.54 Å². The summed E-state index contributed by atoms with van der Waals surface area (Å²) in [6.07, 6.45) is 0.706. The number of halogens is 1. The molecule has 2 aromatic rings. The lowest BCUT2D eigenvalue weighted by Gasteiger charge is -2.26. The second kappa shape index (κ2) is 7.52. The lowest BCUT2D eigenvalue weighted by molar-refractivity contribution is -0.129. The van der Waals surface area contributed by atoms with Crippen molar-refractivity contribution in [3.05, 3.63) is 82.9 Å². The molecule has 0 fully saturated rings. The number of aliphatic hydroxyl groups is 1. The van der Waals surface area contributed by atoms with Crippen LogP contribution < -0.4 is 0 Å². The molecule has 1 N–H and O–H groups in total. The van der Waals surface area contributed by atoms with E-state index in [-0.39, 0.29) is 23.6 Å². The Morgan fingerprint density at radius 3 is 2.38 bits per heavy atom. The minimum atomic E-state index is -0.600. The van der Waals surface area contributed by atoms with Gasteiger partial charge in [-0.3, -0.25) is 9.59 Å². The predicted octanol–water partition coefficient (Wildman–Crippen LogP) is 3.74. The van der Waals surface area contributed by atoms with Crippen molar-refractivity contribution >= 4 is 11.7 Å². The van der Waals surface area contributed by atoms with Crippen LogP contribution >= 0.6 is 0 Å². The summed E-state index contributed by atoms with van der Waals surface area (Å²) in [7, 11) is 0. The molecule has 26 heavy (non-hydrogen) atoms. The van der Waals surface area contributed by atoms with Crippen molar-refractivity contribution in [3.8, 4) is 0 Å². The zero-order chi connectivity index (χ0) is 18.7. The summed E-state index contributed by atoms with van der Waals surface area (Å²) in [5.41, 5.74) is 1.81. The number of amides is 1. The second-order valence-corrected chi connectivity index (χ2v) is 6.23. The monoisotopic (exact) mass is 353 g/mol. The summed E-state index contributed by atoms with van der Waals surface area (Å²) in [6.45, 7) is 2.02. The maximum atomic E-state index is 13.1. The first-order valence-corrected chi connectivity index (χ1v) is 8.59. The van der Waals surface area contributed by atoms with Crippen LogP contribution in [0.25, 0.3) is 0 Å². The number of carbonyl (C=O) groups is 2. The molecule has 5 heteroatoms. The third kappa shape index (κ3) is 3.38. The number of carbonyl (C=O) groups excluding carboxylic acids is 2. The van der Waals surface area contributed by atoms with Gasteiger partial charge in [0.15, 0.2) is 11.5 Å². The third-order valence-electron chi connectivity index (χ3n) is 4.60. The Kier molecular flexibility index (Phi) is 5.16. The number of Topliss-reactive ketones (excluding diaryl/α,β-unsaturated/α-hetero) is 1. The quantitative estimate of drug-likeness (QED) is 0.861. The predicted molar refractivity (Wildman–Crippen MR) is 96.0 cm³/mol. The summed E-state index contributed by atoms with van der Waals surface area (Å²) in [4.78, 5) is 26.5. The number of nitrogens with zero attached hydrogens (tertiary/aromatic N) is 1. The molecular formula is C21H20FNO3. The summed E-state index contributed by atoms with van der Waals surface area (Å²) in [5.74, 6) is -1.57. The molecule has 0 bridgehead atoms. The van der Waals surface area contributed by atoms with E-state index in [0.717, 1.165) is 11.1 Å². The van der Waals surface area contributed by atoms with Gasteiger partial charge >= 0.3 is 0 Å². The molecule has 0 saturated heterocycles. The van der Waals surface area contributed by atoms with Gasteiger partial charge in [-0.2, -0.15) is 0 Å². The molecule has 134 valence electrons. The van der Waals surface area contributed by atoms with Gasteiger partial charge in [-0.25, -0.2) is 4.39 Å². The zero-order valence-electron chi connectivity index (χ0n) is 14.5. The molecule has 1 aliphatic rings. The Morgan fingerprint density at radius 2 is 1.77 bits per heavy atom. The number of aliphatic hydroxyl groups excluding tert-OH is 1. The van der Waals surface area contributed by atoms with E-state index in [0.29, 0.717) is 13.0 Å². The normalized spacial score (nSPS) is 17.1. The van der Waals surface area contributed by atoms with Crippen molar-refractivity contribution in [1.29, 1.82) is 0 Å².